The van der Waals surface area contributed by atoms with Crippen LogP contribution in [0.1, 0.15) is 31.1 Å². The molecule has 1 aromatic rings. The third-order valence-corrected chi connectivity index (χ3v) is 4.66. The van der Waals surface area contributed by atoms with E-state index in [0.29, 0.717) is 5.56 Å². The molecule has 0 aromatic heterocycles. The number of sulfonamides is 1. The van der Waals surface area contributed by atoms with Gasteiger partial charge >= 0.3 is 0 Å². The van der Waals surface area contributed by atoms with E-state index >= 15 is 0 Å². The number of hydrogen-bond acceptors (Lipinski definition) is 3. The van der Waals surface area contributed by atoms with Crippen molar-refractivity contribution in [3.05, 3.63) is 29.3 Å². The SMILES string of the molecule is Cc1ccc2c(c1)C(O)C(C(C)C)NS2(=O)=O. The Morgan fingerprint density at radius 1 is 1.35 bits per heavy atom. The highest BCUT2D eigenvalue weighted by atomic mass is 32.2. The van der Waals surface area contributed by atoms with Gasteiger partial charge in [0.15, 0.2) is 0 Å². The summed E-state index contributed by atoms with van der Waals surface area (Å²) < 4.78 is 26.6. The molecule has 1 aromatic carbocycles. The number of aliphatic hydroxyl groups excluding tert-OH is 1. The van der Waals surface area contributed by atoms with Crippen molar-refractivity contribution in [3.8, 4) is 0 Å². The number of benzene rings is 1. The zero-order valence-corrected chi connectivity index (χ0v) is 11.0. The van der Waals surface area contributed by atoms with Gasteiger partial charge in [0.1, 0.15) is 0 Å². The van der Waals surface area contributed by atoms with Crippen molar-refractivity contribution in [1.82, 2.24) is 4.72 Å². The van der Waals surface area contributed by atoms with Gasteiger partial charge in [-0.1, -0.05) is 31.5 Å². The summed E-state index contributed by atoms with van der Waals surface area (Å²) in [5, 5.41) is 10.2. The van der Waals surface area contributed by atoms with Crippen LogP contribution >= 0.6 is 0 Å². The highest BCUT2D eigenvalue weighted by Gasteiger charge is 2.37. The zero-order valence-electron chi connectivity index (χ0n) is 10.1. The molecule has 2 rings (SSSR count). The van der Waals surface area contributed by atoms with Crippen molar-refractivity contribution < 1.29 is 13.5 Å². The molecule has 0 radical (unpaired) electrons. The third-order valence-electron chi connectivity index (χ3n) is 3.12. The van der Waals surface area contributed by atoms with Crippen molar-refractivity contribution in [2.24, 2.45) is 5.92 Å². The van der Waals surface area contributed by atoms with Gasteiger partial charge < -0.3 is 5.11 Å². The Labute approximate surface area is 102 Å². The highest BCUT2D eigenvalue weighted by molar-refractivity contribution is 7.89. The summed E-state index contributed by atoms with van der Waals surface area (Å²) in [5.41, 5.74) is 1.45. The minimum atomic E-state index is -3.50. The summed E-state index contributed by atoms with van der Waals surface area (Å²) in [6, 6.07) is 4.57. The molecule has 2 N–H and O–H groups in total. The standard InChI is InChI=1S/C12H17NO3S/c1-7(2)11-12(14)9-6-8(3)4-5-10(9)17(15,16)13-11/h4-7,11-14H,1-3H3. The highest BCUT2D eigenvalue weighted by Crippen LogP contribution is 2.33. The summed E-state index contributed by atoms with van der Waals surface area (Å²) in [6.45, 7) is 5.65. The Bertz CT molecular complexity index is 537. The molecule has 0 aliphatic carbocycles. The molecule has 0 amide bonds. The third kappa shape index (κ3) is 2.10. The number of aryl methyl sites for hydroxylation is 1. The molecule has 2 atom stereocenters. The van der Waals surface area contributed by atoms with Crippen LogP contribution in [0.2, 0.25) is 0 Å². The Balaban J connectivity index is 2.62. The average molecular weight is 255 g/mol. The Hall–Kier alpha value is -0.910. The van der Waals surface area contributed by atoms with Gasteiger partial charge in [-0.15, -0.1) is 0 Å². The van der Waals surface area contributed by atoms with E-state index in [0.717, 1.165) is 5.56 Å². The minimum Gasteiger partial charge on any atom is -0.387 e. The van der Waals surface area contributed by atoms with Crippen LogP contribution in [0.25, 0.3) is 0 Å². The molecule has 2 unspecified atom stereocenters. The predicted molar refractivity (Wildman–Crippen MR) is 65.1 cm³/mol. The summed E-state index contributed by atoms with van der Waals surface area (Å²) in [6.07, 6.45) is -0.784. The maximum absolute atomic E-state index is 12.0. The second kappa shape index (κ2) is 4.08. The Morgan fingerprint density at radius 3 is 2.59 bits per heavy atom. The van der Waals surface area contributed by atoms with Crippen LogP contribution < -0.4 is 4.72 Å². The van der Waals surface area contributed by atoms with E-state index in [-0.39, 0.29) is 10.8 Å². The first-order valence-electron chi connectivity index (χ1n) is 5.64. The maximum atomic E-state index is 12.0. The number of fused-ring (bicyclic) bond motifs is 1. The summed E-state index contributed by atoms with van der Waals surface area (Å²) in [4.78, 5) is 0.188. The smallest absolute Gasteiger partial charge is 0.241 e. The van der Waals surface area contributed by atoms with E-state index in [1.165, 1.54) is 0 Å². The molecule has 4 nitrogen and oxygen atoms in total. The molecule has 5 heteroatoms. The molecule has 0 saturated heterocycles. The fraction of sp³-hybridized carbons (Fsp3) is 0.500. The number of hydrogen-bond donors (Lipinski definition) is 2. The van der Waals surface area contributed by atoms with Crippen LogP contribution in [0, 0.1) is 12.8 Å². The maximum Gasteiger partial charge on any atom is 0.241 e. The lowest BCUT2D eigenvalue weighted by Gasteiger charge is -2.33. The monoisotopic (exact) mass is 255 g/mol. The largest absolute Gasteiger partial charge is 0.387 e. The van der Waals surface area contributed by atoms with Gasteiger partial charge in [0.25, 0.3) is 0 Å². The Kier molecular flexibility index (Phi) is 3.01. The van der Waals surface area contributed by atoms with Crippen LogP contribution in [0.4, 0.5) is 0 Å². The topological polar surface area (TPSA) is 66.4 Å². The van der Waals surface area contributed by atoms with Gasteiger partial charge in [-0.2, -0.15) is 0 Å². The summed E-state index contributed by atoms with van der Waals surface area (Å²) in [7, 11) is -3.50. The van der Waals surface area contributed by atoms with E-state index in [9.17, 15) is 13.5 Å². The van der Waals surface area contributed by atoms with Gasteiger partial charge in [0.2, 0.25) is 10.0 Å². The van der Waals surface area contributed by atoms with E-state index in [2.05, 4.69) is 4.72 Å². The first kappa shape index (κ1) is 12.5. The molecule has 1 aliphatic heterocycles. The Morgan fingerprint density at radius 2 is 2.00 bits per heavy atom. The predicted octanol–water partition coefficient (Wildman–Crippen LogP) is 1.34. The van der Waals surface area contributed by atoms with Crippen molar-refractivity contribution in [2.75, 3.05) is 0 Å². The number of nitrogens with one attached hydrogen (secondary N) is 1. The second-order valence-corrected chi connectivity index (χ2v) is 6.56. The van der Waals surface area contributed by atoms with Crippen molar-refractivity contribution >= 4 is 10.0 Å². The van der Waals surface area contributed by atoms with Crippen molar-refractivity contribution in [1.29, 1.82) is 0 Å². The van der Waals surface area contributed by atoms with E-state index < -0.39 is 22.2 Å². The molecule has 0 saturated carbocycles. The van der Waals surface area contributed by atoms with Gasteiger partial charge in [-0.25, -0.2) is 13.1 Å². The normalized spacial score (nSPS) is 26.9. The lowest BCUT2D eigenvalue weighted by molar-refractivity contribution is 0.110. The van der Waals surface area contributed by atoms with Crippen LogP contribution in [-0.2, 0) is 10.0 Å². The van der Waals surface area contributed by atoms with E-state index in [1.54, 1.807) is 18.2 Å². The first-order chi connectivity index (χ1) is 7.83. The average Bonchev–Trinajstić information content (AvgIpc) is 2.23. The molecule has 0 fully saturated rings. The molecule has 1 heterocycles. The zero-order chi connectivity index (χ0) is 12.8. The fourth-order valence-electron chi connectivity index (χ4n) is 2.14. The lowest BCUT2D eigenvalue weighted by atomic mass is 9.93. The molecular weight excluding hydrogens is 238 g/mol. The molecule has 1 aliphatic rings. The molecule has 17 heavy (non-hydrogen) atoms. The van der Waals surface area contributed by atoms with Crippen LogP contribution in [-0.4, -0.2) is 19.6 Å². The van der Waals surface area contributed by atoms with E-state index in [4.69, 9.17) is 0 Å². The molecule has 0 spiro atoms. The number of rotatable bonds is 1. The van der Waals surface area contributed by atoms with Gasteiger partial charge in [-0.3, -0.25) is 0 Å². The minimum absolute atomic E-state index is 0.0356. The second-order valence-electron chi connectivity index (χ2n) is 4.88. The van der Waals surface area contributed by atoms with Gasteiger partial charge in [0, 0.05) is 5.56 Å². The molecule has 0 bridgehead atoms. The number of aliphatic hydroxyl groups is 1. The first-order valence-corrected chi connectivity index (χ1v) is 7.12. The van der Waals surface area contributed by atoms with Crippen LogP contribution in [0.3, 0.4) is 0 Å². The fourth-order valence-corrected chi connectivity index (χ4v) is 3.77. The van der Waals surface area contributed by atoms with Gasteiger partial charge in [-0.05, 0) is 18.9 Å². The van der Waals surface area contributed by atoms with Crippen LogP contribution in [0.15, 0.2) is 23.1 Å². The quantitative estimate of drug-likeness (QED) is 0.796. The summed E-state index contributed by atoms with van der Waals surface area (Å²) in [5.74, 6) is 0.0356. The van der Waals surface area contributed by atoms with Crippen molar-refractivity contribution in [2.45, 2.75) is 37.8 Å². The van der Waals surface area contributed by atoms with Crippen LogP contribution in [0.5, 0.6) is 0 Å². The summed E-state index contributed by atoms with van der Waals surface area (Å²) >= 11 is 0. The van der Waals surface area contributed by atoms with Gasteiger partial charge in [0.05, 0.1) is 17.0 Å². The van der Waals surface area contributed by atoms with Crippen molar-refractivity contribution in [3.63, 3.8) is 0 Å². The molecular formula is C12H17NO3S. The molecule has 94 valence electrons. The van der Waals surface area contributed by atoms with E-state index in [1.807, 2.05) is 20.8 Å². The lowest BCUT2D eigenvalue weighted by Crippen LogP contribution is -2.47.